The predicted molar refractivity (Wildman–Crippen MR) is 101 cm³/mol. The summed E-state index contributed by atoms with van der Waals surface area (Å²) in [6.07, 6.45) is 5.12. The zero-order valence-corrected chi connectivity index (χ0v) is 15.3. The van der Waals surface area contributed by atoms with Gasteiger partial charge in [-0.25, -0.2) is 9.97 Å². The number of hydrogen-bond acceptors (Lipinski definition) is 7. The number of pyridine rings is 2. The van der Waals surface area contributed by atoms with Crippen LogP contribution in [0.2, 0.25) is 0 Å². The van der Waals surface area contributed by atoms with Gasteiger partial charge in [0.1, 0.15) is 5.82 Å². The SMILES string of the molecule is COc1ccc(CN2C3CC2CN(c2ccc(C4[B]OOC4)cn2)C3)cn1. The molecule has 4 aliphatic heterocycles. The molecule has 3 atom stereocenters. The molecule has 139 valence electrons. The van der Waals surface area contributed by atoms with Crippen molar-refractivity contribution in [1.82, 2.24) is 14.9 Å². The largest absolute Gasteiger partial charge is 0.481 e. The van der Waals surface area contributed by atoms with Crippen molar-refractivity contribution in [3.8, 4) is 5.88 Å². The molecule has 3 unspecified atom stereocenters. The maximum absolute atomic E-state index is 5.14. The van der Waals surface area contributed by atoms with Crippen LogP contribution in [0.3, 0.4) is 0 Å². The van der Waals surface area contributed by atoms with Gasteiger partial charge in [0.05, 0.1) is 13.7 Å². The van der Waals surface area contributed by atoms with Gasteiger partial charge in [-0.2, -0.15) is 0 Å². The highest BCUT2D eigenvalue weighted by molar-refractivity contribution is 6.30. The van der Waals surface area contributed by atoms with Crippen LogP contribution >= 0.6 is 0 Å². The molecule has 4 saturated heterocycles. The number of nitrogens with zero attached hydrogens (tertiary/aromatic N) is 4. The van der Waals surface area contributed by atoms with Gasteiger partial charge in [0, 0.05) is 56.0 Å². The third kappa shape index (κ3) is 3.29. The Morgan fingerprint density at radius 1 is 1.15 bits per heavy atom. The Morgan fingerprint density at radius 3 is 2.67 bits per heavy atom. The van der Waals surface area contributed by atoms with Crippen molar-refractivity contribution < 1.29 is 14.4 Å². The molecule has 8 heteroatoms. The van der Waals surface area contributed by atoms with E-state index in [0.29, 0.717) is 24.6 Å². The van der Waals surface area contributed by atoms with Gasteiger partial charge in [0.25, 0.3) is 0 Å². The summed E-state index contributed by atoms with van der Waals surface area (Å²) in [5, 5.41) is 0. The molecular weight excluding hydrogens is 343 g/mol. The molecule has 2 aromatic rings. The third-order valence-electron chi connectivity index (χ3n) is 5.77. The maximum atomic E-state index is 5.14. The van der Waals surface area contributed by atoms with Crippen molar-refractivity contribution in [3.05, 3.63) is 47.8 Å². The highest BCUT2D eigenvalue weighted by Gasteiger charge is 2.44. The van der Waals surface area contributed by atoms with Crippen LogP contribution in [-0.4, -0.2) is 61.2 Å². The lowest BCUT2D eigenvalue weighted by Crippen LogP contribution is -2.68. The fraction of sp³-hybridized carbons (Fsp3) is 0.474. The summed E-state index contributed by atoms with van der Waals surface area (Å²) < 4.78 is 5.14. The first-order chi connectivity index (χ1) is 13.3. The van der Waals surface area contributed by atoms with E-state index in [1.54, 1.807) is 14.6 Å². The molecule has 27 heavy (non-hydrogen) atoms. The smallest absolute Gasteiger partial charge is 0.354 e. The standard InChI is InChI=1S/C19H22BN4O3/c1-25-19-5-2-13(7-22-19)9-24-15-6-16(24)11-23(10-15)18-4-3-14(8-21-18)17-12-26-27-20-17/h2-5,7-8,15-17H,6,9-12H2,1H3. The number of fused-ring (bicyclic) bond motifs is 2. The number of piperidine rings is 1. The molecule has 2 aromatic heterocycles. The topological polar surface area (TPSA) is 60.0 Å². The first-order valence-corrected chi connectivity index (χ1v) is 9.37. The second-order valence-corrected chi connectivity index (χ2v) is 7.40. The second kappa shape index (κ2) is 7.11. The van der Waals surface area contributed by atoms with Gasteiger partial charge in [-0.05, 0) is 23.6 Å². The summed E-state index contributed by atoms with van der Waals surface area (Å²) in [4.78, 5) is 23.8. The van der Waals surface area contributed by atoms with E-state index in [4.69, 9.17) is 14.4 Å². The minimum atomic E-state index is 0.176. The maximum Gasteiger partial charge on any atom is 0.354 e. The van der Waals surface area contributed by atoms with Crippen LogP contribution in [0.25, 0.3) is 0 Å². The summed E-state index contributed by atoms with van der Waals surface area (Å²) in [5.74, 6) is 1.89. The van der Waals surface area contributed by atoms with Gasteiger partial charge in [-0.1, -0.05) is 12.1 Å². The molecule has 7 nitrogen and oxygen atoms in total. The van der Waals surface area contributed by atoms with Gasteiger partial charge >= 0.3 is 7.48 Å². The molecule has 0 saturated carbocycles. The number of piperazine rings is 1. The van der Waals surface area contributed by atoms with E-state index in [1.165, 1.54) is 12.0 Å². The van der Waals surface area contributed by atoms with E-state index in [9.17, 15) is 0 Å². The highest BCUT2D eigenvalue weighted by atomic mass is 17.2. The molecule has 0 amide bonds. The van der Waals surface area contributed by atoms with Crippen molar-refractivity contribution in [2.75, 3.05) is 31.7 Å². The lowest BCUT2D eigenvalue weighted by Gasteiger charge is -2.56. The number of anilines is 1. The van der Waals surface area contributed by atoms with Crippen molar-refractivity contribution in [2.24, 2.45) is 0 Å². The lowest BCUT2D eigenvalue weighted by atomic mass is 9.77. The number of ether oxygens (including phenoxy) is 1. The minimum absolute atomic E-state index is 0.176. The molecule has 4 fully saturated rings. The molecule has 0 spiro atoms. The molecule has 4 aliphatic rings. The van der Waals surface area contributed by atoms with Gasteiger partial charge in [0.15, 0.2) is 0 Å². The summed E-state index contributed by atoms with van der Waals surface area (Å²) >= 11 is 0. The van der Waals surface area contributed by atoms with Gasteiger partial charge in [-0.15, -0.1) is 0 Å². The Bertz CT molecular complexity index is 771. The minimum Gasteiger partial charge on any atom is -0.481 e. The second-order valence-electron chi connectivity index (χ2n) is 7.40. The summed E-state index contributed by atoms with van der Waals surface area (Å²) in [6, 6.07) is 9.44. The van der Waals surface area contributed by atoms with Crippen LogP contribution in [-0.2, 0) is 16.2 Å². The van der Waals surface area contributed by atoms with E-state index in [-0.39, 0.29) is 5.82 Å². The van der Waals surface area contributed by atoms with Crippen LogP contribution in [0, 0.1) is 0 Å². The normalized spacial score (nSPS) is 27.1. The Labute approximate surface area is 159 Å². The molecular formula is C19H22BN4O3. The molecule has 6 heterocycles. The fourth-order valence-electron chi connectivity index (χ4n) is 4.21. The molecule has 0 N–H and O–H groups in total. The van der Waals surface area contributed by atoms with Crippen molar-refractivity contribution in [2.45, 2.75) is 30.9 Å². The molecule has 0 aromatic carbocycles. The quantitative estimate of drug-likeness (QED) is 0.589. The monoisotopic (exact) mass is 365 g/mol. The van der Waals surface area contributed by atoms with Crippen LogP contribution in [0.15, 0.2) is 36.7 Å². The average molecular weight is 365 g/mol. The van der Waals surface area contributed by atoms with Crippen LogP contribution in [0.4, 0.5) is 5.82 Å². The average Bonchev–Trinajstić information content (AvgIpc) is 3.27. The number of rotatable bonds is 5. The van der Waals surface area contributed by atoms with Crippen molar-refractivity contribution in [1.29, 1.82) is 0 Å². The molecule has 2 bridgehead atoms. The zero-order chi connectivity index (χ0) is 18.2. The fourth-order valence-corrected chi connectivity index (χ4v) is 4.21. The predicted octanol–water partition coefficient (Wildman–Crippen LogP) is 1.57. The van der Waals surface area contributed by atoms with Crippen LogP contribution in [0.5, 0.6) is 5.88 Å². The van der Waals surface area contributed by atoms with Gasteiger partial charge in [0.2, 0.25) is 5.88 Å². The Balaban J connectivity index is 1.20. The van der Waals surface area contributed by atoms with Gasteiger partial charge < -0.3 is 14.4 Å². The van der Waals surface area contributed by atoms with Crippen LogP contribution < -0.4 is 9.64 Å². The van der Waals surface area contributed by atoms with Gasteiger partial charge in [-0.3, -0.25) is 9.79 Å². The van der Waals surface area contributed by atoms with Crippen molar-refractivity contribution in [3.63, 3.8) is 0 Å². The number of hydrogen-bond donors (Lipinski definition) is 0. The van der Waals surface area contributed by atoms with E-state index < -0.39 is 0 Å². The zero-order valence-electron chi connectivity index (χ0n) is 15.3. The lowest BCUT2D eigenvalue weighted by molar-refractivity contribution is -0.183. The van der Waals surface area contributed by atoms with Crippen LogP contribution in [0.1, 0.15) is 23.4 Å². The first kappa shape index (κ1) is 17.0. The molecule has 6 rings (SSSR count). The molecule has 0 aliphatic carbocycles. The van der Waals surface area contributed by atoms with E-state index in [1.807, 2.05) is 18.5 Å². The Kier molecular flexibility index (Phi) is 4.47. The summed E-state index contributed by atoms with van der Waals surface area (Å²) in [7, 11) is 3.36. The highest BCUT2D eigenvalue weighted by Crippen LogP contribution is 2.35. The Morgan fingerprint density at radius 2 is 2.04 bits per heavy atom. The number of methoxy groups -OCH3 is 1. The van der Waals surface area contributed by atoms with E-state index in [2.05, 4.69) is 38.0 Å². The van der Waals surface area contributed by atoms with E-state index in [0.717, 1.165) is 31.0 Å². The number of aromatic nitrogens is 2. The third-order valence-corrected chi connectivity index (χ3v) is 5.77. The summed E-state index contributed by atoms with van der Waals surface area (Å²) in [5.41, 5.74) is 2.37. The molecule has 1 radical (unpaired) electrons. The Hall–Kier alpha value is -2.16. The summed E-state index contributed by atoms with van der Waals surface area (Å²) in [6.45, 7) is 3.55. The first-order valence-electron chi connectivity index (χ1n) is 9.37. The van der Waals surface area contributed by atoms with E-state index >= 15 is 0 Å². The van der Waals surface area contributed by atoms with Crippen molar-refractivity contribution >= 4 is 13.3 Å².